The van der Waals surface area contributed by atoms with Crippen molar-refractivity contribution >= 4 is 45.7 Å². The molecule has 0 radical (unpaired) electrons. The van der Waals surface area contributed by atoms with E-state index in [0.29, 0.717) is 45.0 Å². The van der Waals surface area contributed by atoms with Gasteiger partial charge in [0.1, 0.15) is 0 Å². The summed E-state index contributed by atoms with van der Waals surface area (Å²) in [6, 6.07) is 0. The predicted octanol–water partition coefficient (Wildman–Crippen LogP) is 1.03. The van der Waals surface area contributed by atoms with E-state index in [2.05, 4.69) is 10.3 Å². The molecule has 7 nitrogen and oxygen atoms in total. The Balaban J connectivity index is 0.00000484. The molecule has 1 aliphatic heterocycles. The fourth-order valence-corrected chi connectivity index (χ4v) is 3.69. The minimum Gasteiger partial charge on any atom is -0.466 e. The number of nitrogens with zero attached hydrogens (tertiary/aromatic N) is 2. The molecule has 0 bridgehead atoms. The normalized spacial score (nSPS) is 19.7. The molecule has 1 N–H and O–H groups in total. The third-order valence-corrected chi connectivity index (χ3v) is 6.23. The fourth-order valence-electron chi connectivity index (χ4n) is 2.32. The van der Waals surface area contributed by atoms with E-state index < -0.39 is 14.6 Å². The Bertz CT molecular complexity index is 520. The summed E-state index contributed by atoms with van der Waals surface area (Å²) < 4.78 is 28.1. The second kappa shape index (κ2) is 9.65. The van der Waals surface area contributed by atoms with Crippen molar-refractivity contribution in [3.63, 3.8) is 0 Å². The van der Waals surface area contributed by atoms with Crippen LogP contribution < -0.4 is 5.32 Å². The van der Waals surface area contributed by atoms with Crippen LogP contribution >= 0.6 is 24.0 Å². The van der Waals surface area contributed by atoms with Gasteiger partial charge in [-0.1, -0.05) is 0 Å². The maximum absolute atomic E-state index is 12.0. The van der Waals surface area contributed by atoms with E-state index in [1.165, 1.54) is 0 Å². The van der Waals surface area contributed by atoms with E-state index in [9.17, 15) is 13.2 Å². The molecule has 0 amide bonds. The number of aliphatic imine (C=N–C) groups is 1. The van der Waals surface area contributed by atoms with Gasteiger partial charge in [-0.25, -0.2) is 8.42 Å². The first-order chi connectivity index (χ1) is 10.2. The number of esters is 1. The first-order valence-electron chi connectivity index (χ1n) is 7.57. The van der Waals surface area contributed by atoms with Crippen LogP contribution in [0.25, 0.3) is 0 Å². The number of sulfone groups is 1. The lowest BCUT2D eigenvalue weighted by atomic mass is 10.2. The second-order valence-corrected chi connectivity index (χ2v) is 8.63. The Labute approximate surface area is 156 Å². The van der Waals surface area contributed by atoms with Gasteiger partial charge < -0.3 is 15.0 Å². The summed E-state index contributed by atoms with van der Waals surface area (Å²) in [5.41, 5.74) is 0. The van der Waals surface area contributed by atoms with Gasteiger partial charge in [-0.05, 0) is 27.2 Å². The van der Waals surface area contributed by atoms with Crippen molar-refractivity contribution < 1.29 is 17.9 Å². The van der Waals surface area contributed by atoms with Gasteiger partial charge in [0, 0.05) is 33.1 Å². The molecular weight excluding hydrogens is 433 g/mol. The van der Waals surface area contributed by atoms with Gasteiger partial charge >= 0.3 is 5.97 Å². The summed E-state index contributed by atoms with van der Waals surface area (Å²) >= 11 is 0. The van der Waals surface area contributed by atoms with Crippen molar-refractivity contribution in [3.8, 4) is 0 Å². The zero-order valence-electron chi connectivity index (χ0n) is 14.3. The molecule has 0 aliphatic carbocycles. The van der Waals surface area contributed by atoms with Crippen molar-refractivity contribution in [1.29, 1.82) is 0 Å². The molecule has 1 heterocycles. The van der Waals surface area contributed by atoms with Crippen LogP contribution in [0.3, 0.4) is 0 Å². The Hall–Kier alpha value is -0.580. The van der Waals surface area contributed by atoms with E-state index in [1.807, 2.05) is 4.90 Å². The minimum atomic E-state index is -3.06. The molecule has 136 valence electrons. The monoisotopic (exact) mass is 461 g/mol. The second-order valence-electron chi connectivity index (χ2n) is 5.88. The highest BCUT2D eigenvalue weighted by atomic mass is 127. The van der Waals surface area contributed by atoms with Crippen molar-refractivity contribution in [2.75, 3.05) is 39.0 Å². The van der Waals surface area contributed by atoms with Crippen LogP contribution in [0, 0.1) is 0 Å². The summed E-state index contributed by atoms with van der Waals surface area (Å²) in [5, 5.41) is 3.18. The van der Waals surface area contributed by atoms with Crippen molar-refractivity contribution in [3.05, 3.63) is 0 Å². The number of hydrogen-bond acceptors (Lipinski definition) is 5. The maximum Gasteiger partial charge on any atom is 0.305 e. The molecule has 0 saturated carbocycles. The predicted molar refractivity (Wildman–Crippen MR) is 102 cm³/mol. The van der Waals surface area contributed by atoms with Crippen LogP contribution in [-0.4, -0.2) is 69.0 Å². The van der Waals surface area contributed by atoms with E-state index in [1.54, 1.807) is 27.8 Å². The number of rotatable bonds is 5. The molecule has 0 aromatic heterocycles. The molecule has 0 atom stereocenters. The first kappa shape index (κ1) is 22.4. The molecule has 1 saturated heterocycles. The van der Waals surface area contributed by atoms with E-state index >= 15 is 0 Å². The molecule has 0 unspecified atom stereocenters. The number of guanidine groups is 1. The summed E-state index contributed by atoms with van der Waals surface area (Å²) in [4.78, 5) is 17.4. The molecule has 1 aliphatic rings. The third-order valence-electron chi connectivity index (χ3n) is 3.70. The largest absolute Gasteiger partial charge is 0.466 e. The van der Waals surface area contributed by atoms with Crippen LogP contribution in [0.4, 0.5) is 0 Å². The van der Waals surface area contributed by atoms with Crippen LogP contribution in [0.15, 0.2) is 4.99 Å². The summed E-state index contributed by atoms with van der Waals surface area (Å²) in [5.74, 6) is 0.597. The van der Waals surface area contributed by atoms with Gasteiger partial charge in [0.2, 0.25) is 0 Å². The van der Waals surface area contributed by atoms with Crippen LogP contribution in [0.5, 0.6) is 0 Å². The summed E-state index contributed by atoms with van der Waals surface area (Å²) in [6.07, 6.45) is 1.01. The molecule has 0 spiro atoms. The summed E-state index contributed by atoms with van der Waals surface area (Å²) in [7, 11) is -1.39. The topological polar surface area (TPSA) is 88.1 Å². The van der Waals surface area contributed by atoms with E-state index in [4.69, 9.17) is 4.74 Å². The molecule has 1 rings (SSSR count). The van der Waals surface area contributed by atoms with Crippen LogP contribution in [0.2, 0.25) is 0 Å². The maximum atomic E-state index is 12.0. The third kappa shape index (κ3) is 6.44. The first-order valence-corrected chi connectivity index (χ1v) is 9.22. The zero-order chi connectivity index (χ0) is 16.8. The van der Waals surface area contributed by atoms with Crippen LogP contribution in [0.1, 0.15) is 33.6 Å². The highest BCUT2D eigenvalue weighted by molar-refractivity contribution is 14.0. The number of ether oxygens (including phenoxy) is 1. The number of carbonyl (C=O) groups excluding carboxylic acids is 1. The van der Waals surface area contributed by atoms with Crippen LogP contribution in [-0.2, 0) is 19.4 Å². The number of carbonyl (C=O) groups is 1. The number of halogens is 1. The van der Waals surface area contributed by atoms with Gasteiger partial charge in [0.05, 0.1) is 17.1 Å². The van der Waals surface area contributed by atoms with Gasteiger partial charge in [0.25, 0.3) is 0 Å². The molecule has 0 aromatic rings. The standard InChI is InChI=1S/C14H27N3O4S.HI/c1-5-21-12(18)7-6-8-16-13(15-4)17-9-10-22(19,20)14(2,3)11-17;/h5-11H2,1-4H3,(H,15,16);1H. The Kier molecular flexibility index (Phi) is 9.41. The quantitative estimate of drug-likeness (QED) is 0.216. The lowest BCUT2D eigenvalue weighted by molar-refractivity contribution is -0.143. The number of hydrogen-bond donors (Lipinski definition) is 1. The highest BCUT2D eigenvalue weighted by Gasteiger charge is 2.40. The van der Waals surface area contributed by atoms with E-state index in [-0.39, 0.29) is 35.7 Å². The average Bonchev–Trinajstić information content (AvgIpc) is 2.43. The van der Waals surface area contributed by atoms with E-state index in [0.717, 1.165) is 0 Å². The van der Waals surface area contributed by atoms with Gasteiger partial charge in [-0.3, -0.25) is 9.79 Å². The van der Waals surface area contributed by atoms with Crippen molar-refractivity contribution in [2.45, 2.75) is 38.4 Å². The SMILES string of the molecule is CCOC(=O)CCCNC(=NC)N1CCS(=O)(=O)C(C)(C)C1.I. The molecule has 1 fully saturated rings. The molecule has 23 heavy (non-hydrogen) atoms. The zero-order valence-corrected chi connectivity index (χ0v) is 17.4. The summed E-state index contributed by atoms with van der Waals surface area (Å²) in [6.45, 7) is 7.09. The minimum absolute atomic E-state index is 0. The Morgan fingerprint density at radius 2 is 2.04 bits per heavy atom. The fraction of sp³-hybridized carbons (Fsp3) is 0.857. The van der Waals surface area contributed by atoms with Crippen molar-refractivity contribution in [2.24, 2.45) is 4.99 Å². The van der Waals surface area contributed by atoms with Gasteiger partial charge in [-0.15, -0.1) is 24.0 Å². The highest BCUT2D eigenvalue weighted by Crippen LogP contribution is 2.23. The molecule has 9 heteroatoms. The van der Waals surface area contributed by atoms with Gasteiger partial charge in [0.15, 0.2) is 15.8 Å². The molecular formula is C14H28IN3O4S. The Morgan fingerprint density at radius 1 is 1.39 bits per heavy atom. The molecule has 0 aromatic carbocycles. The Morgan fingerprint density at radius 3 is 2.57 bits per heavy atom. The lowest BCUT2D eigenvalue weighted by Gasteiger charge is -2.39. The average molecular weight is 461 g/mol. The smallest absolute Gasteiger partial charge is 0.305 e. The van der Waals surface area contributed by atoms with Crippen molar-refractivity contribution in [1.82, 2.24) is 10.2 Å². The lowest BCUT2D eigenvalue weighted by Crippen LogP contribution is -2.57. The number of nitrogens with one attached hydrogen (secondary N) is 1. The van der Waals surface area contributed by atoms with Gasteiger partial charge in [-0.2, -0.15) is 0 Å².